The molecule has 2 atom stereocenters. The Bertz CT molecular complexity index is 216. The fourth-order valence-corrected chi connectivity index (χ4v) is 3.49. The lowest BCUT2D eigenvalue weighted by Crippen LogP contribution is -2.39. The minimum absolute atomic E-state index is 0.501. The topological polar surface area (TPSA) is 3.24 Å². The highest BCUT2D eigenvalue weighted by atomic mass is 15.2. The van der Waals surface area contributed by atoms with Crippen molar-refractivity contribution < 1.29 is 0 Å². The van der Waals surface area contributed by atoms with Crippen molar-refractivity contribution in [1.82, 2.24) is 4.90 Å². The van der Waals surface area contributed by atoms with Crippen LogP contribution >= 0.6 is 0 Å². The molecule has 94 valence electrons. The fraction of sp³-hybridized carbons (Fsp3) is 1.00. The molecule has 2 saturated heterocycles. The van der Waals surface area contributed by atoms with E-state index >= 15 is 0 Å². The van der Waals surface area contributed by atoms with Crippen LogP contribution in [0.1, 0.15) is 65.7 Å². The van der Waals surface area contributed by atoms with Crippen LogP contribution in [0.3, 0.4) is 0 Å². The molecule has 2 heterocycles. The predicted octanol–water partition coefficient (Wildman–Crippen LogP) is 4.08. The van der Waals surface area contributed by atoms with Gasteiger partial charge in [0.05, 0.1) is 0 Å². The van der Waals surface area contributed by atoms with Gasteiger partial charge in [0.15, 0.2) is 0 Å². The lowest BCUT2D eigenvalue weighted by Gasteiger charge is -2.35. The molecule has 2 unspecified atom stereocenters. The Morgan fingerprint density at radius 3 is 2.38 bits per heavy atom. The van der Waals surface area contributed by atoms with Gasteiger partial charge in [-0.15, -0.1) is 0 Å². The van der Waals surface area contributed by atoms with Crippen molar-refractivity contribution in [3.8, 4) is 0 Å². The molecule has 0 aromatic heterocycles. The van der Waals surface area contributed by atoms with Crippen LogP contribution in [0.25, 0.3) is 0 Å². The zero-order valence-corrected chi connectivity index (χ0v) is 11.5. The molecular formula is C15H29N. The number of hydrogen-bond acceptors (Lipinski definition) is 1. The predicted molar refractivity (Wildman–Crippen MR) is 70.6 cm³/mol. The lowest BCUT2D eigenvalue weighted by atomic mass is 9.78. The largest absolute Gasteiger partial charge is 0.300 e. The summed E-state index contributed by atoms with van der Waals surface area (Å²) in [7, 11) is 0. The number of nitrogens with zero attached hydrogens (tertiary/aromatic N) is 1. The first-order chi connectivity index (χ1) is 7.57. The molecule has 0 aliphatic carbocycles. The van der Waals surface area contributed by atoms with Gasteiger partial charge in [-0.3, -0.25) is 0 Å². The summed E-state index contributed by atoms with van der Waals surface area (Å²) in [4.78, 5) is 2.83. The quantitative estimate of drug-likeness (QED) is 0.598. The van der Waals surface area contributed by atoms with Crippen LogP contribution in [0.5, 0.6) is 0 Å². The summed E-state index contributed by atoms with van der Waals surface area (Å²) >= 11 is 0. The highest BCUT2D eigenvalue weighted by Crippen LogP contribution is 2.36. The summed E-state index contributed by atoms with van der Waals surface area (Å²) in [5.74, 6) is 0.913. The summed E-state index contributed by atoms with van der Waals surface area (Å²) in [5, 5.41) is 0. The second kappa shape index (κ2) is 5.08. The number of fused-ring (bicyclic) bond motifs is 1. The third-order valence-electron chi connectivity index (χ3n) is 4.77. The van der Waals surface area contributed by atoms with E-state index in [1.54, 1.807) is 0 Å². The van der Waals surface area contributed by atoms with Crippen LogP contribution in [-0.4, -0.2) is 24.0 Å². The Morgan fingerprint density at radius 1 is 0.875 bits per heavy atom. The number of hydrogen-bond donors (Lipinski definition) is 0. The van der Waals surface area contributed by atoms with Crippen LogP contribution in [0.15, 0.2) is 0 Å². The first-order valence-electron chi connectivity index (χ1n) is 7.31. The van der Waals surface area contributed by atoms with Gasteiger partial charge in [0, 0.05) is 12.6 Å². The molecule has 0 N–H and O–H groups in total. The third kappa shape index (κ3) is 3.00. The second-order valence-electron chi connectivity index (χ2n) is 6.99. The summed E-state index contributed by atoms with van der Waals surface area (Å²) in [6.07, 6.45) is 10.2. The standard InChI is InChI=1S/C15H29N/c1-15(2,3)13-8-7-10-14-9-5-4-6-11-16(14)12-13/h13-14H,4-12H2,1-3H3. The number of rotatable bonds is 0. The molecule has 0 radical (unpaired) electrons. The fourth-order valence-electron chi connectivity index (χ4n) is 3.49. The molecule has 16 heavy (non-hydrogen) atoms. The highest BCUT2D eigenvalue weighted by molar-refractivity contribution is 4.85. The van der Waals surface area contributed by atoms with Gasteiger partial charge in [-0.05, 0) is 43.6 Å². The van der Waals surface area contributed by atoms with E-state index in [0.717, 1.165) is 12.0 Å². The van der Waals surface area contributed by atoms with Crippen molar-refractivity contribution >= 4 is 0 Å². The van der Waals surface area contributed by atoms with Crippen molar-refractivity contribution in [2.75, 3.05) is 13.1 Å². The SMILES string of the molecule is CC(C)(C)C1CCCC2CCCCCN2C1. The van der Waals surface area contributed by atoms with E-state index in [1.165, 1.54) is 58.0 Å². The first kappa shape index (κ1) is 12.4. The monoisotopic (exact) mass is 223 g/mol. The van der Waals surface area contributed by atoms with Gasteiger partial charge >= 0.3 is 0 Å². The molecule has 0 saturated carbocycles. The van der Waals surface area contributed by atoms with Gasteiger partial charge in [-0.1, -0.05) is 40.0 Å². The maximum atomic E-state index is 2.83. The molecule has 1 heteroatoms. The average molecular weight is 223 g/mol. The van der Waals surface area contributed by atoms with E-state index < -0.39 is 0 Å². The van der Waals surface area contributed by atoms with Crippen molar-refractivity contribution in [2.24, 2.45) is 11.3 Å². The van der Waals surface area contributed by atoms with E-state index in [9.17, 15) is 0 Å². The Balaban J connectivity index is 2.03. The van der Waals surface area contributed by atoms with Gasteiger partial charge in [-0.25, -0.2) is 0 Å². The van der Waals surface area contributed by atoms with Gasteiger partial charge < -0.3 is 4.90 Å². The summed E-state index contributed by atoms with van der Waals surface area (Å²) in [5.41, 5.74) is 0.501. The summed E-state index contributed by atoms with van der Waals surface area (Å²) in [6.45, 7) is 10.0. The Morgan fingerprint density at radius 2 is 1.62 bits per heavy atom. The van der Waals surface area contributed by atoms with Gasteiger partial charge in [0.25, 0.3) is 0 Å². The zero-order valence-electron chi connectivity index (χ0n) is 11.5. The van der Waals surface area contributed by atoms with Gasteiger partial charge in [0.1, 0.15) is 0 Å². The summed E-state index contributed by atoms with van der Waals surface area (Å²) in [6, 6.07) is 0.926. The maximum Gasteiger partial charge on any atom is 0.00953 e. The van der Waals surface area contributed by atoms with Crippen molar-refractivity contribution in [2.45, 2.75) is 71.8 Å². The minimum atomic E-state index is 0.501. The molecular weight excluding hydrogens is 194 g/mol. The molecule has 0 amide bonds. The Hall–Kier alpha value is -0.0400. The second-order valence-corrected chi connectivity index (χ2v) is 6.99. The van der Waals surface area contributed by atoms with Gasteiger partial charge in [-0.2, -0.15) is 0 Å². The average Bonchev–Trinajstić information content (AvgIpc) is 2.49. The van der Waals surface area contributed by atoms with Crippen LogP contribution in [0.4, 0.5) is 0 Å². The molecule has 2 rings (SSSR count). The van der Waals surface area contributed by atoms with Crippen LogP contribution in [-0.2, 0) is 0 Å². The molecule has 2 aliphatic heterocycles. The van der Waals surface area contributed by atoms with Crippen LogP contribution < -0.4 is 0 Å². The zero-order chi connectivity index (χ0) is 11.6. The van der Waals surface area contributed by atoms with Crippen LogP contribution in [0.2, 0.25) is 0 Å². The van der Waals surface area contributed by atoms with E-state index in [4.69, 9.17) is 0 Å². The minimum Gasteiger partial charge on any atom is -0.300 e. The molecule has 0 spiro atoms. The Labute approximate surface area is 102 Å². The van der Waals surface area contributed by atoms with E-state index in [2.05, 4.69) is 25.7 Å². The van der Waals surface area contributed by atoms with Crippen molar-refractivity contribution in [3.63, 3.8) is 0 Å². The molecule has 2 fully saturated rings. The Kier molecular flexibility index (Phi) is 3.94. The maximum absolute atomic E-state index is 2.83. The van der Waals surface area contributed by atoms with Crippen molar-refractivity contribution in [1.29, 1.82) is 0 Å². The highest BCUT2D eigenvalue weighted by Gasteiger charge is 2.32. The van der Waals surface area contributed by atoms with Crippen LogP contribution in [0, 0.1) is 11.3 Å². The van der Waals surface area contributed by atoms with E-state index in [1.807, 2.05) is 0 Å². The van der Waals surface area contributed by atoms with Gasteiger partial charge in [0.2, 0.25) is 0 Å². The summed E-state index contributed by atoms with van der Waals surface area (Å²) < 4.78 is 0. The molecule has 2 aliphatic rings. The molecule has 0 aromatic carbocycles. The first-order valence-corrected chi connectivity index (χ1v) is 7.31. The molecule has 0 bridgehead atoms. The third-order valence-corrected chi connectivity index (χ3v) is 4.77. The smallest absolute Gasteiger partial charge is 0.00953 e. The van der Waals surface area contributed by atoms with E-state index in [0.29, 0.717) is 5.41 Å². The molecule has 0 aromatic rings. The molecule has 1 nitrogen and oxygen atoms in total. The lowest BCUT2D eigenvalue weighted by molar-refractivity contribution is 0.131. The van der Waals surface area contributed by atoms with Crippen molar-refractivity contribution in [3.05, 3.63) is 0 Å². The van der Waals surface area contributed by atoms with E-state index in [-0.39, 0.29) is 0 Å². The normalized spacial score (nSPS) is 33.9.